The van der Waals surface area contributed by atoms with Gasteiger partial charge in [0.25, 0.3) is 11.5 Å². The van der Waals surface area contributed by atoms with E-state index in [2.05, 4.69) is 20.5 Å². The van der Waals surface area contributed by atoms with Crippen molar-refractivity contribution in [2.24, 2.45) is 0 Å². The van der Waals surface area contributed by atoms with E-state index in [4.69, 9.17) is 10.1 Å². The molecule has 1 aliphatic carbocycles. The van der Waals surface area contributed by atoms with Crippen molar-refractivity contribution in [3.05, 3.63) is 56.5 Å². The normalized spacial score (nSPS) is 16.1. The van der Waals surface area contributed by atoms with Gasteiger partial charge in [0, 0.05) is 73.2 Å². The van der Waals surface area contributed by atoms with E-state index in [1.807, 2.05) is 52.8 Å². The minimum atomic E-state index is -0.554. The number of nitrogens with one attached hydrogen (secondary N) is 4. The van der Waals surface area contributed by atoms with E-state index in [1.54, 1.807) is 4.90 Å². The minimum absolute atomic E-state index is 0.0852. The highest BCUT2D eigenvalue weighted by atomic mass is 16.6. The molecule has 10 nitrogen and oxygen atoms in total. The van der Waals surface area contributed by atoms with Gasteiger partial charge in [0.1, 0.15) is 5.60 Å². The van der Waals surface area contributed by atoms with E-state index < -0.39 is 5.60 Å². The van der Waals surface area contributed by atoms with Gasteiger partial charge in [-0.15, -0.1) is 0 Å². The summed E-state index contributed by atoms with van der Waals surface area (Å²) < 4.78 is 5.54. The van der Waals surface area contributed by atoms with Gasteiger partial charge in [0.15, 0.2) is 0 Å². The summed E-state index contributed by atoms with van der Waals surface area (Å²) in [4.78, 5) is 45.3. The van der Waals surface area contributed by atoms with E-state index in [9.17, 15) is 14.4 Å². The molecule has 0 bridgehead atoms. The summed E-state index contributed by atoms with van der Waals surface area (Å²) in [7, 11) is 0. The molecule has 2 aromatic rings. The Bertz CT molecular complexity index is 1310. The zero-order chi connectivity index (χ0) is 29.0. The van der Waals surface area contributed by atoms with Gasteiger partial charge in [-0.1, -0.05) is 12.8 Å². The van der Waals surface area contributed by atoms with Crippen LogP contribution < -0.4 is 21.1 Å². The maximum Gasteiger partial charge on any atom is 0.410 e. The second-order valence-corrected chi connectivity index (χ2v) is 11.8. The van der Waals surface area contributed by atoms with Crippen LogP contribution in [-0.2, 0) is 11.3 Å². The molecule has 4 rings (SSSR count). The SMILES string of the molecule is Cc1cc(C)c(CNC(=O)c2cc(N3CCN(C(=O)OC(C)(C)C)CC3)cc(NC3CCCC3)c2C=N)c(=O)[nH]1. The van der Waals surface area contributed by atoms with Crippen LogP contribution >= 0.6 is 0 Å². The first kappa shape index (κ1) is 29.2. The predicted octanol–water partition coefficient (Wildman–Crippen LogP) is 4.33. The summed E-state index contributed by atoms with van der Waals surface area (Å²) in [6, 6.07) is 5.99. The Hall–Kier alpha value is -3.82. The lowest BCUT2D eigenvalue weighted by Gasteiger charge is -2.37. The largest absolute Gasteiger partial charge is 0.444 e. The number of carbonyl (C=O) groups is 2. The van der Waals surface area contributed by atoms with Gasteiger partial charge in [0.2, 0.25) is 0 Å². The van der Waals surface area contributed by atoms with Crippen molar-refractivity contribution in [2.45, 2.75) is 78.5 Å². The molecule has 4 N–H and O–H groups in total. The third kappa shape index (κ3) is 7.03. The highest BCUT2D eigenvalue weighted by Crippen LogP contribution is 2.31. The smallest absolute Gasteiger partial charge is 0.410 e. The standard InChI is InChI=1S/C30H42N6O4/c1-19-14-20(2)33-28(38)25(19)18-32-27(37)23-15-22(16-26(24(23)17-31)34-21-8-6-7-9-21)35-10-12-36(13-11-35)29(39)40-30(3,4)5/h14-17,21,31,34H,6-13,18H2,1-5H3,(H,32,37)(H,33,38). The van der Waals surface area contributed by atoms with Gasteiger partial charge in [-0.2, -0.15) is 0 Å². The second kappa shape index (κ2) is 12.1. The highest BCUT2D eigenvalue weighted by Gasteiger charge is 2.28. The van der Waals surface area contributed by atoms with E-state index in [1.165, 1.54) is 6.21 Å². The molecule has 2 aliphatic rings. The summed E-state index contributed by atoms with van der Waals surface area (Å²) in [5, 5.41) is 14.7. The first-order chi connectivity index (χ1) is 18.9. The fraction of sp³-hybridized carbons (Fsp3) is 0.533. The van der Waals surface area contributed by atoms with Crippen molar-refractivity contribution < 1.29 is 14.3 Å². The number of hydrogen-bond acceptors (Lipinski definition) is 7. The van der Waals surface area contributed by atoms with Crippen LogP contribution in [0.1, 0.15) is 79.2 Å². The number of nitrogens with zero attached hydrogens (tertiary/aromatic N) is 2. The van der Waals surface area contributed by atoms with Gasteiger partial charge in [-0.3, -0.25) is 9.59 Å². The van der Waals surface area contributed by atoms with E-state index in [0.29, 0.717) is 48.9 Å². The van der Waals surface area contributed by atoms with Crippen LogP contribution in [0.25, 0.3) is 0 Å². The molecule has 0 radical (unpaired) electrons. The molecule has 1 saturated carbocycles. The zero-order valence-electron chi connectivity index (χ0n) is 24.3. The lowest BCUT2D eigenvalue weighted by molar-refractivity contribution is 0.0240. The van der Waals surface area contributed by atoms with Gasteiger partial charge in [-0.25, -0.2) is 4.79 Å². The molecule has 1 aromatic heterocycles. The van der Waals surface area contributed by atoms with Crippen LogP contribution in [0.3, 0.4) is 0 Å². The number of ether oxygens (including phenoxy) is 1. The van der Waals surface area contributed by atoms with Crippen LogP contribution in [0.2, 0.25) is 0 Å². The average Bonchev–Trinajstić information content (AvgIpc) is 3.39. The summed E-state index contributed by atoms with van der Waals surface area (Å²) in [6.07, 6.45) is 5.31. The quantitative estimate of drug-likeness (QED) is 0.380. The van der Waals surface area contributed by atoms with E-state index in [-0.39, 0.29) is 24.1 Å². The molecule has 2 amide bonds. The van der Waals surface area contributed by atoms with Gasteiger partial charge in [-0.05, 0) is 71.2 Å². The molecule has 1 saturated heterocycles. The Balaban J connectivity index is 1.58. The number of H-pyrrole nitrogens is 1. The Kier molecular flexibility index (Phi) is 8.85. The minimum Gasteiger partial charge on any atom is -0.444 e. The van der Waals surface area contributed by atoms with Crippen LogP contribution in [0.15, 0.2) is 23.0 Å². The highest BCUT2D eigenvalue weighted by molar-refractivity contribution is 6.06. The summed E-state index contributed by atoms with van der Waals surface area (Å²) in [6.45, 7) is 11.5. The van der Waals surface area contributed by atoms with Crippen LogP contribution in [0.4, 0.5) is 16.2 Å². The molecular weight excluding hydrogens is 508 g/mol. The lowest BCUT2D eigenvalue weighted by atomic mass is 10.0. The van der Waals surface area contributed by atoms with Crippen molar-refractivity contribution in [1.29, 1.82) is 5.41 Å². The number of aromatic amines is 1. The van der Waals surface area contributed by atoms with Crippen molar-refractivity contribution >= 4 is 29.6 Å². The van der Waals surface area contributed by atoms with Gasteiger partial charge < -0.3 is 35.6 Å². The van der Waals surface area contributed by atoms with Crippen molar-refractivity contribution in [3.63, 3.8) is 0 Å². The molecule has 0 spiro atoms. The number of rotatable bonds is 7. The number of aryl methyl sites for hydroxylation is 2. The van der Waals surface area contributed by atoms with Gasteiger partial charge >= 0.3 is 6.09 Å². The molecule has 1 aromatic carbocycles. The lowest BCUT2D eigenvalue weighted by Crippen LogP contribution is -2.50. The summed E-state index contributed by atoms with van der Waals surface area (Å²) >= 11 is 0. The van der Waals surface area contributed by atoms with Crippen molar-refractivity contribution in [3.8, 4) is 0 Å². The third-order valence-corrected chi connectivity index (χ3v) is 7.48. The first-order valence-corrected chi connectivity index (χ1v) is 14.1. The third-order valence-electron chi connectivity index (χ3n) is 7.48. The number of pyridine rings is 1. The molecule has 0 unspecified atom stereocenters. The number of piperazine rings is 1. The van der Waals surface area contributed by atoms with Gasteiger partial charge in [0.05, 0.1) is 5.56 Å². The predicted molar refractivity (Wildman–Crippen MR) is 158 cm³/mol. The fourth-order valence-corrected chi connectivity index (χ4v) is 5.41. The number of carbonyl (C=O) groups excluding carboxylic acids is 2. The molecule has 216 valence electrons. The van der Waals surface area contributed by atoms with Crippen LogP contribution in [0, 0.1) is 19.3 Å². The maximum atomic E-state index is 13.5. The van der Waals surface area contributed by atoms with E-state index >= 15 is 0 Å². The Morgan fingerprint density at radius 2 is 1.77 bits per heavy atom. The Morgan fingerprint density at radius 3 is 2.38 bits per heavy atom. The molecule has 10 heteroatoms. The number of amides is 2. The van der Waals surface area contributed by atoms with Crippen LogP contribution in [0.5, 0.6) is 0 Å². The number of anilines is 2. The Labute approximate surface area is 236 Å². The summed E-state index contributed by atoms with van der Waals surface area (Å²) in [5.74, 6) is -0.346. The zero-order valence-corrected chi connectivity index (χ0v) is 24.3. The monoisotopic (exact) mass is 550 g/mol. The fourth-order valence-electron chi connectivity index (χ4n) is 5.41. The van der Waals surface area contributed by atoms with Crippen molar-refractivity contribution in [2.75, 3.05) is 36.4 Å². The molecule has 0 atom stereocenters. The number of benzene rings is 1. The molecule has 1 aliphatic heterocycles. The Morgan fingerprint density at radius 1 is 1.10 bits per heavy atom. The molecule has 2 fully saturated rings. The number of hydrogen-bond donors (Lipinski definition) is 4. The molecular formula is C30H42N6O4. The second-order valence-electron chi connectivity index (χ2n) is 11.8. The molecule has 40 heavy (non-hydrogen) atoms. The maximum absolute atomic E-state index is 13.5. The molecule has 2 heterocycles. The topological polar surface area (TPSA) is 131 Å². The van der Waals surface area contributed by atoms with Crippen LogP contribution in [-0.4, -0.2) is 65.9 Å². The first-order valence-electron chi connectivity index (χ1n) is 14.1. The van der Waals surface area contributed by atoms with Crippen molar-refractivity contribution in [1.82, 2.24) is 15.2 Å². The number of aromatic nitrogens is 1. The summed E-state index contributed by atoms with van der Waals surface area (Å²) in [5.41, 5.74) is 3.83. The average molecular weight is 551 g/mol. The van der Waals surface area contributed by atoms with E-state index in [0.717, 1.165) is 48.3 Å².